The second-order valence-corrected chi connectivity index (χ2v) is 8.03. The monoisotopic (exact) mass is 435 g/mol. The first-order valence-electron chi connectivity index (χ1n) is 9.30. The molecule has 2 N–H and O–H groups in total. The number of methoxy groups -OCH3 is 1. The van der Waals surface area contributed by atoms with E-state index in [-0.39, 0.29) is 10.5 Å². The summed E-state index contributed by atoms with van der Waals surface area (Å²) in [6, 6.07) is 21.8. The lowest BCUT2D eigenvalue weighted by Crippen LogP contribution is -2.19. The van der Waals surface area contributed by atoms with E-state index in [1.807, 2.05) is 36.4 Å². The van der Waals surface area contributed by atoms with Crippen molar-refractivity contribution in [2.75, 3.05) is 11.8 Å². The molecule has 0 fully saturated rings. The molecule has 7 nitrogen and oxygen atoms in total. The number of anilines is 1. The lowest BCUT2D eigenvalue weighted by atomic mass is 10.2. The third kappa shape index (κ3) is 6.28. The van der Waals surface area contributed by atoms with E-state index in [2.05, 4.69) is 15.2 Å². The SMILES string of the molecule is COc1ccc(NS(=O)(=O)c2cccc(C(=O)N/N=C/C=C/c3ccccc3)c2)cc1. The van der Waals surface area contributed by atoms with Crippen molar-refractivity contribution in [2.45, 2.75) is 4.90 Å². The van der Waals surface area contributed by atoms with Crippen molar-refractivity contribution in [3.05, 3.63) is 96.1 Å². The number of hydrogen-bond donors (Lipinski definition) is 2. The number of hydrogen-bond acceptors (Lipinski definition) is 5. The molecule has 0 saturated carbocycles. The van der Waals surface area contributed by atoms with Crippen molar-refractivity contribution >= 4 is 33.9 Å². The third-order valence-corrected chi connectivity index (χ3v) is 5.54. The molecule has 3 aromatic rings. The van der Waals surface area contributed by atoms with E-state index in [9.17, 15) is 13.2 Å². The molecule has 0 aromatic heterocycles. The van der Waals surface area contributed by atoms with Crippen LogP contribution < -0.4 is 14.9 Å². The van der Waals surface area contributed by atoms with Gasteiger partial charge in [-0.05, 0) is 54.1 Å². The predicted octanol–water partition coefficient (Wildman–Crippen LogP) is 3.93. The third-order valence-electron chi connectivity index (χ3n) is 4.16. The largest absolute Gasteiger partial charge is 0.497 e. The van der Waals surface area contributed by atoms with Crippen LogP contribution >= 0.6 is 0 Å². The highest BCUT2D eigenvalue weighted by Crippen LogP contribution is 2.20. The van der Waals surface area contributed by atoms with Crippen molar-refractivity contribution < 1.29 is 17.9 Å². The summed E-state index contributed by atoms with van der Waals surface area (Å²) in [4.78, 5) is 12.3. The number of rotatable bonds is 8. The number of carbonyl (C=O) groups excluding carboxylic acids is 1. The maximum Gasteiger partial charge on any atom is 0.271 e. The summed E-state index contributed by atoms with van der Waals surface area (Å²) in [5.74, 6) is 0.0895. The number of allylic oxidation sites excluding steroid dienone is 1. The number of ether oxygens (including phenoxy) is 1. The van der Waals surface area contributed by atoms with E-state index >= 15 is 0 Å². The maximum absolute atomic E-state index is 12.7. The van der Waals surface area contributed by atoms with Gasteiger partial charge in [-0.15, -0.1) is 0 Å². The van der Waals surface area contributed by atoms with Gasteiger partial charge in [0.25, 0.3) is 15.9 Å². The summed E-state index contributed by atoms with van der Waals surface area (Å²) < 4.78 is 32.8. The minimum absolute atomic E-state index is 0.0380. The maximum atomic E-state index is 12.7. The summed E-state index contributed by atoms with van der Waals surface area (Å²) in [6.07, 6.45) is 4.97. The number of amides is 1. The predicted molar refractivity (Wildman–Crippen MR) is 122 cm³/mol. The molecule has 0 aliphatic carbocycles. The lowest BCUT2D eigenvalue weighted by Gasteiger charge is -2.09. The van der Waals surface area contributed by atoms with Gasteiger partial charge in [0.05, 0.1) is 12.0 Å². The first kappa shape index (κ1) is 21.8. The molecular formula is C23H21N3O4S. The summed E-state index contributed by atoms with van der Waals surface area (Å²) in [6.45, 7) is 0. The van der Waals surface area contributed by atoms with Gasteiger partial charge in [-0.2, -0.15) is 5.10 Å². The molecule has 31 heavy (non-hydrogen) atoms. The Hall–Kier alpha value is -3.91. The first-order chi connectivity index (χ1) is 15.0. The Morgan fingerprint density at radius 3 is 2.42 bits per heavy atom. The second-order valence-electron chi connectivity index (χ2n) is 6.35. The van der Waals surface area contributed by atoms with Gasteiger partial charge in [-0.3, -0.25) is 9.52 Å². The molecule has 158 valence electrons. The van der Waals surface area contributed by atoms with Crippen LogP contribution in [0.3, 0.4) is 0 Å². The zero-order chi connectivity index (χ0) is 22.1. The molecule has 0 saturated heterocycles. The van der Waals surface area contributed by atoms with Gasteiger partial charge in [-0.25, -0.2) is 13.8 Å². The quantitative estimate of drug-likeness (QED) is 0.414. The minimum Gasteiger partial charge on any atom is -0.497 e. The Morgan fingerprint density at radius 1 is 0.968 bits per heavy atom. The number of carbonyl (C=O) groups is 1. The van der Waals surface area contributed by atoms with E-state index in [1.165, 1.54) is 37.6 Å². The van der Waals surface area contributed by atoms with Gasteiger partial charge < -0.3 is 4.74 Å². The van der Waals surface area contributed by atoms with Crippen LogP contribution in [0, 0.1) is 0 Å². The summed E-state index contributed by atoms with van der Waals surface area (Å²) >= 11 is 0. The second kappa shape index (κ2) is 10.2. The minimum atomic E-state index is -3.87. The summed E-state index contributed by atoms with van der Waals surface area (Å²) in [5.41, 5.74) is 3.93. The molecule has 0 spiro atoms. The fourth-order valence-electron chi connectivity index (χ4n) is 2.60. The van der Waals surface area contributed by atoms with Crippen molar-refractivity contribution in [3.63, 3.8) is 0 Å². The number of benzene rings is 3. The Balaban J connectivity index is 1.64. The number of sulfonamides is 1. The molecule has 0 bridgehead atoms. The van der Waals surface area contributed by atoms with Gasteiger partial charge in [0, 0.05) is 17.5 Å². The van der Waals surface area contributed by atoms with Crippen LogP contribution in [0.1, 0.15) is 15.9 Å². The molecule has 3 aromatic carbocycles. The van der Waals surface area contributed by atoms with Gasteiger partial charge in [-0.1, -0.05) is 42.5 Å². The fraction of sp³-hybridized carbons (Fsp3) is 0.0435. The number of nitrogens with zero attached hydrogens (tertiary/aromatic N) is 1. The summed E-state index contributed by atoms with van der Waals surface area (Å²) in [5, 5.41) is 3.85. The Morgan fingerprint density at radius 2 is 1.71 bits per heavy atom. The molecule has 0 atom stereocenters. The topological polar surface area (TPSA) is 96.9 Å². The van der Waals surface area contributed by atoms with Crippen molar-refractivity contribution in [1.82, 2.24) is 5.43 Å². The van der Waals surface area contributed by atoms with Gasteiger partial charge in [0.2, 0.25) is 0 Å². The standard InChI is InChI=1S/C23H21N3O4S/c1-30-21-14-12-20(13-15-21)26-31(28,29)22-11-5-10-19(17-22)23(27)25-24-16-6-9-18-7-3-2-4-8-18/h2-17,26H,1H3,(H,25,27)/b9-6+,24-16+. The zero-order valence-electron chi connectivity index (χ0n) is 16.7. The number of nitrogens with one attached hydrogen (secondary N) is 2. The van der Waals surface area contributed by atoms with E-state index < -0.39 is 15.9 Å². The average Bonchev–Trinajstić information content (AvgIpc) is 2.80. The van der Waals surface area contributed by atoms with Crippen molar-refractivity contribution in [3.8, 4) is 5.75 Å². The van der Waals surface area contributed by atoms with Crippen LogP contribution in [0.2, 0.25) is 0 Å². The van der Waals surface area contributed by atoms with Crippen molar-refractivity contribution in [1.29, 1.82) is 0 Å². The molecule has 0 aliphatic rings. The Labute approximate surface area is 181 Å². The lowest BCUT2D eigenvalue weighted by molar-refractivity contribution is 0.0955. The van der Waals surface area contributed by atoms with Crippen LogP contribution in [0.5, 0.6) is 5.75 Å². The van der Waals surface area contributed by atoms with E-state index in [1.54, 1.807) is 30.3 Å². The van der Waals surface area contributed by atoms with E-state index in [0.29, 0.717) is 11.4 Å². The van der Waals surface area contributed by atoms with Crippen LogP contribution in [0.25, 0.3) is 6.08 Å². The highest BCUT2D eigenvalue weighted by Gasteiger charge is 2.16. The van der Waals surface area contributed by atoms with Crippen LogP contribution in [0.15, 0.2) is 94.9 Å². The van der Waals surface area contributed by atoms with Crippen molar-refractivity contribution in [2.24, 2.45) is 5.10 Å². The molecular weight excluding hydrogens is 414 g/mol. The van der Waals surface area contributed by atoms with Crippen LogP contribution in [-0.2, 0) is 10.0 Å². The molecule has 1 amide bonds. The molecule has 8 heteroatoms. The molecule has 0 heterocycles. The Kier molecular flexibility index (Phi) is 7.18. The van der Waals surface area contributed by atoms with Crippen LogP contribution in [-0.4, -0.2) is 27.6 Å². The molecule has 3 rings (SSSR count). The van der Waals surface area contributed by atoms with Gasteiger partial charge in [0.1, 0.15) is 5.75 Å². The van der Waals surface area contributed by atoms with E-state index in [4.69, 9.17) is 4.74 Å². The van der Waals surface area contributed by atoms with Gasteiger partial charge >= 0.3 is 0 Å². The highest BCUT2D eigenvalue weighted by molar-refractivity contribution is 7.92. The Bertz CT molecular complexity index is 1190. The fourth-order valence-corrected chi connectivity index (χ4v) is 3.70. The summed E-state index contributed by atoms with van der Waals surface area (Å²) in [7, 11) is -2.34. The molecule has 0 radical (unpaired) electrons. The molecule has 0 unspecified atom stereocenters. The normalized spacial score (nSPS) is 11.5. The smallest absolute Gasteiger partial charge is 0.271 e. The average molecular weight is 436 g/mol. The zero-order valence-corrected chi connectivity index (χ0v) is 17.5. The van der Waals surface area contributed by atoms with E-state index in [0.717, 1.165) is 5.56 Å². The molecule has 0 aliphatic heterocycles. The first-order valence-corrected chi connectivity index (χ1v) is 10.8. The van der Waals surface area contributed by atoms with Crippen LogP contribution in [0.4, 0.5) is 5.69 Å². The van der Waals surface area contributed by atoms with Gasteiger partial charge in [0.15, 0.2) is 0 Å². The highest BCUT2D eigenvalue weighted by atomic mass is 32.2. The number of hydrazone groups is 1.